The average Bonchev–Trinajstić information content (AvgIpc) is 2.79. The van der Waals surface area contributed by atoms with Crippen molar-refractivity contribution in [3.05, 3.63) is 34.9 Å². The van der Waals surface area contributed by atoms with Crippen molar-refractivity contribution in [1.82, 2.24) is 4.90 Å². The molecule has 0 N–H and O–H groups in total. The molecule has 0 spiro atoms. The van der Waals surface area contributed by atoms with Crippen molar-refractivity contribution in [1.29, 1.82) is 0 Å². The summed E-state index contributed by atoms with van der Waals surface area (Å²) in [6.45, 7) is 1.53. The molecular formula is C13H13F6N. The van der Waals surface area contributed by atoms with Gasteiger partial charge >= 0.3 is 12.4 Å². The molecular weight excluding hydrogens is 284 g/mol. The monoisotopic (exact) mass is 297 g/mol. The van der Waals surface area contributed by atoms with E-state index in [1.165, 1.54) is 0 Å². The minimum atomic E-state index is -4.78. The number of nitrogens with zero attached hydrogens (tertiary/aromatic N) is 1. The Kier molecular flexibility index (Phi) is 4.00. The molecule has 1 heterocycles. The van der Waals surface area contributed by atoms with Crippen LogP contribution in [0, 0.1) is 0 Å². The van der Waals surface area contributed by atoms with Gasteiger partial charge in [-0.3, -0.25) is 4.90 Å². The molecule has 1 aliphatic heterocycles. The van der Waals surface area contributed by atoms with Gasteiger partial charge in [0, 0.05) is 6.54 Å². The zero-order valence-corrected chi connectivity index (χ0v) is 10.5. The Labute approximate surface area is 112 Å². The summed E-state index contributed by atoms with van der Waals surface area (Å²) >= 11 is 0. The Morgan fingerprint density at radius 1 is 0.800 bits per heavy atom. The number of hydrogen-bond donors (Lipinski definition) is 0. The molecule has 1 aliphatic rings. The molecule has 0 amide bonds. The van der Waals surface area contributed by atoms with Crippen molar-refractivity contribution in [2.45, 2.75) is 31.7 Å². The van der Waals surface area contributed by atoms with Crippen molar-refractivity contribution >= 4 is 0 Å². The first kappa shape index (κ1) is 15.2. The van der Waals surface area contributed by atoms with Crippen molar-refractivity contribution < 1.29 is 26.3 Å². The largest absolute Gasteiger partial charge is 0.416 e. The fourth-order valence-corrected chi connectivity index (χ4v) is 2.31. The SMILES string of the molecule is FC(F)(F)c1cc(CN2CCCC2)cc(C(F)(F)F)c1. The zero-order valence-electron chi connectivity index (χ0n) is 10.5. The normalized spacial score (nSPS) is 17.7. The summed E-state index contributed by atoms with van der Waals surface area (Å²) in [4.78, 5) is 1.86. The topological polar surface area (TPSA) is 3.24 Å². The quantitative estimate of drug-likeness (QED) is 0.735. The van der Waals surface area contributed by atoms with E-state index in [1.807, 2.05) is 4.90 Å². The van der Waals surface area contributed by atoms with Crippen LogP contribution in [0.2, 0.25) is 0 Å². The van der Waals surface area contributed by atoms with Gasteiger partial charge in [-0.05, 0) is 49.7 Å². The molecule has 7 heteroatoms. The summed E-state index contributed by atoms with van der Waals surface area (Å²) in [5, 5.41) is 0. The van der Waals surface area contributed by atoms with Crippen LogP contribution in [0.4, 0.5) is 26.3 Å². The van der Waals surface area contributed by atoms with Gasteiger partial charge in [-0.1, -0.05) is 0 Å². The second-order valence-electron chi connectivity index (χ2n) is 4.90. The maximum Gasteiger partial charge on any atom is 0.416 e. The summed E-state index contributed by atoms with van der Waals surface area (Å²) in [5.41, 5.74) is -2.45. The van der Waals surface area contributed by atoms with E-state index in [0.717, 1.165) is 25.0 Å². The van der Waals surface area contributed by atoms with Crippen molar-refractivity contribution in [3.8, 4) is 0 Å². The molecule has 0 aromatic heterocycles. The van der Waals surface area contributed by atoms with Crippen molar-refractivity contribution in [2.75, 3.05) is 13.1 Å². The molecule has 1 nitrogen and oxygen atoms in total. The van der Waals surface area contributed by atoms with Gasteiger partial charge in [0.05, 0.1) is 11.1 Å². The van der Waals surface area contributed by atoms with Gasteiger partial charge in [-0.15, -0.1) is 0 Å². The van der Waals surface area contributed by atoms with Crippen LogP contribution in [0.15, 0.2) is 18.2 Å². The number of rotatable bonds is 2. The van der Waals surface area contributed by atoms with E-state index in [9.17, 15) is 26.3 Å². The van der Waals surface area contributed by atoms with Gasteiger partial charge in [0.25, 0.3) is 0 Å². The van der Waals surface area contributed by atoms with Gasteiger partial charge in [-0.25, -0.2) is 0 Å². The van der Waals surface area contributed by atoms with Crippen LogP contribution in [0.5, 0.6) is 0 Å². The van der Waals surface area contributed by atoms with Crippen LogP contribution < -0.4 is 0 Å². The molecule has 2 rings (SSSR count). The molecule has 1 fully saturated rings. The maximum atomic E-state index is 12.7. The van der Waals surface area contributed by atoms with Crippen LogP contribution in [-0.4, -0.2) is 18.0 Å². The standard InChI is InChI=1S/C13H13F6N/c14-12(15,16)10-5-9(8-20-3-1-2-4-20)6-11(7-10)13(17,18)19/h5-7H,1-4,8H2. The van der Waals surface area contributed by atoms with Crippen molar-refractivity contribution in [3.63, 3.8) is 0 Å². The summed E-state index contributed by atoms with van der Waals surface area (Å²) < 4.78 is 76.0. The Hall–Kier alpha value is -1.24. The Morgan fingerprint density at radius 3 is 1.65 bits per heavy atom. The Balaban J connectivity index is 2.34. The molecule has 112 valence electrons. The highest BCUT2D eigenvalue weighted by atomic mass is 19.4. The van der Waals surface area contributed by atoms with E-state index in [-0.39, 0.29) is 18.2 Å². The molecule has 0 unspecified atom stereocenters. The van der Waals surface area contributed by atoms with Gasteiger partial charge in [0.1, 0.15) is 0 Å². The number of halogens is 6. The zero-order chi connectivity index (χ0) is 15.0. The molecule has 0 saturated carbocycles. The third-order valence-corrected chi connectivity index (χ3v) is 3.25. The summed E-state index contributed by atoms with van der Waals surface area (Å²) in [5.74, 6) is 0. The molecule has 1 aromatic carbocycles. The lowest BCUT2D eigenvalue weighted by molar-refractivity contribution is -0.143. The Bertz CT molecular complexity index is 438. The lowest BCUT2D eigenvalue weighted by Crippen LogP contribution is -2.20. The summed E-state index contributed by atoms with van der Waals surface area (Å²) in [6, 6.07) is 1.76. The highest BCUT2D eigenvalue weighted by molar-refractivity contribution is 5.33. The van der Waals surface area contributed by atoms with Gasteiger partial charge < -0.3 is 0 Å². The lowest BCUT2D eigenvalue weighted by atomic mass is 10.0. The van der Waals surface area contributed by atoms with Crippen LogP contribution >= 0.6 is 0 Å². The number of hydrogen-bond acceptors (Lipinski definition) is 1. The third-order valence-electron chi connectivity index (χ3n) is 3.25. The highest BCUT2D eigenvalue weighted by Crippen LogP contribution is 2.36. The lowest BCUT2D eigenvalue weighted by Gasteiger charge is -2.18. The van der Waals surface area contributed by atoms with Crippen LogP contribution in [0.25, 0.3) is 0 Å². The highest BCUT2D eigenvalue weighted by Gasteiger charge is 2.37. The molecule has 0 radical (unpaired) electrons. The molecule has 1 aromatic rings. The van der Waals surface area contributed by atoms with E-state index in [4.69, 9.17) is 0 Å². The third kappa shape index (κ3) is 3.65. The number of likely N-dealkylation sites (tertiary alicyclic amines) is 1. The first-order valence-corrected chi connectivity index (χ1v) is 6.17. The first-order chi connectivity index (χ1) is 9.16. The number of alkyl halides is 6. The van der Waals surface area contributed by atoms with Gasteiger partial charge in [-0.2, -0.15) is 26.3 Å². The smallest absolute Gasteiger partial charge is 0.299 e. The molecule has 20 heavy (non-hydrogen) atoms. The van der Waals surface area contributed by atoms with Crippen LogP contribution in [0.3, 0.4) is 0 Å². The second kappa shape index (κ2) is 5.27. The predicted molar refractivity (Wildman–Crippen MR) is 61.0 cm³/mol. The number of benzene rings is 1. The van der Waals surface area contributed by atoms with Gasteiger partial charge in [0.15, 0.2) is 0 Å². The predicted octanol–water partition coefficient (Wildman–Crippen LogP) is 4.32. The first-order valence-electron chi connectivity index (χ1n) is 6.17. The average molecular weight is 297 g/mol. The fraction of sp³-hybridized carbons (Fsp3) is 0.538. The van der Waals surface area contributed by atoms with E-state index in [2.05, 4.69) is 0 Å². The maximum absolute atomic E-state index is 12.7. The molecule has 1 saturated heterocycles. The molecule has 0 bridgehead atoms. The van der Waals surface area contributed by atoms with Gasteiger partial charge in [0.2, 0.25) is 0 Å². The van der Waals surface area contributed by atoms with E-state index in [1.54, 1.807) is 0 Å². The van der Waals surface area contributed by atoms with Crippen molar-refractivity contribution in [2.24, 2.45) is 0 Å². The summed E-state index contributed by atoms with van der Waals surface area (Å²) in [6.07, 6.45) is -7.71. The van der Waals surface area contributed by atoms with E-state index >= 15 is 0 Å². The van der Waals surface area contributed by atoms with E-state index < -0.39 is 23.5 Å². The molecule has 0 aliphatic carbocycles. The second-order valence-corrected chi connectivity index (χ2v) is 4.90. The summed E-state index contributed by atoms with van der Waals surface area (Å²) in [7, 11) is 0. The minimum absolute atomic E-state index is 0.0500. The molecule has 0 atom stereocenters. The fourth-order valence-electron chi connectivity index (χ4n) is 2.31. The van der Waals surface area contributed by atoms with Crippen LogP contribution in [-0.2, 0) is 18.9 Å². The van der Waals surface area contributed by atoms with E-state index in [0.29, 0.717) is 13.1 Å². The minimum Gasteiger partial charge on any atom is -0.299 e. The Morgan fingerprint density at radius 2 is 1.25 bits per heavy atom. The van der Waals surface area contributed by atoms with Crippen LogP contribution in [0.1, 0.15) is 29.5 Å².